The van der Waals surface area contributed by atoms with Gasteiger partial charge in [0.25, 0.3) is 5.91 Å². The van der Waals surface area contributed by atoms with Crippen LogP contribution in [-0.4, -0.2) is 13.0 Å². The van der Waals surface area contributed by atoms with Crippen LogP contribution in [0.15, 0.2) is 36.4 Å². The van der Waals surface area contributed by atoms with E-state index < -0.39 is 0 Å². The Morgan fingerprint density at radius 1 is 1.05 bits per heavy atom. The largest absolute Gasteiger partial charge is 0.311 e. The van der Waals surface area contributed by atoms with E-state index in [1.807, 2.05) is 38.2 Å². The van der Waals surface area contributed by atoms with E-state index in [2.05, 4.69) is 24.4 Å². The zero-order chi connectivity index (χ0) is 15.0. The van der Waals surface area contributed by atoms with Gasteiger partial charge in [0, 0.05) is 31.4 Å². The number of fused-ring (bicyclic) bond motifs is 1. The van der Waals surface area contributed by atoms with Crippen LogP contribution in [0.1, 0.15) is 32.6 Å². The van der Waals surface area contributed by atoms with Crippen molar-refractivity contribution in [3.05, 3.63) is 64.2 Å². The highest BCUT2D eigenvalue weighted by molar-refractivity contribution is 6.06. The second kappa shape index (κ2) is 5.34. The van der Waals surface area contributed by atoms with Crippen molar-refractivity contribution < 1.29 is 4.79 Å². The van der Waals surface area contributed by atoms with Crippen LogP contribution < -0.4 is 10.2 Å². The first-order valence-corrected chi connectivity index (χ1v) is 7.24. The van der Waals surface area contributed by atoms with Crippen molar-refractivity contribution in [1.82, 2.24) is 5.32 Å². The molecule has 0 aromatic heterocycles. The highest BCUT2D eigenvalue weighted by atomic mass is 16.2. The van der Waals surface area contributed by atoms with Crippen LogP contribution in [0.3, 0.4) is 0 Å². The minimum Gasteiger partial charge on any atom is -0.311 e. The third-order valence-corrected chi connectivity index (χ3v) is 4.10. The van der Waals surface area contributed by atoms with Gasteiger partial charge in [-0.3, -0.25) is 4.79 Å². The average molecular weight is 280 g/mol. The Balaban J connectivity index is 1.90. The number of benzene rings is 2. The summed E-state index contributed by atoms with van der Waals surface area (Å²) in [5, 5.41) is 3.31. The average Bonchev–Trinajstić information content (AvgIpc) is 2.93. The fourth-order valence-electron chi connectivity index (χ4n) is 2.91. The van der Waals surface area contributed by atoms with Gasteiger partial charge in [0.05, 0.1) is 0 Å². The van der Waals surface area contributed by atoms with Crippen LogP contribution in [0.5, 0.6) is 0 Å². The van der Waals surface area contributed by atoms with Gasteiger partial charge in [0.15, 0.2) is 0 Å². The van der Waals surface area contributed by atoms with E-state index in [0.717, 1.165) is 29.9 Å². The lowest BCUT2D eigenvalue weighted by molar-refractivity contribution is 0.0993. The van der Waals surface area contributed by atoms with Gasteiger partial charge in [0.1, 0.15) is 0 Å². The summed E-state index contributed by atoms with van der Waals surface area (Å²) in [7, 11) is 1.84. The minimum absolute atomic E-state index is 0.0386. The summed E-state index contributed by atoms with van der Waals surface area (Å²) < 4.78 is 0. The zero-order valence-electron chi connectivity index (χ0n) is 12.7. The van der Waals surface area contributed by atoms with Crippen molar-refractivity contribution in [2.75, 3.05) is 11.9 Å². The number of nitrogens with one attached hydrogen (secondary N) is 1. The van der Waals surface area contributed by atoms with Crippen LogP contribution in [0.2, 0.25) is 0 Å². The van der Waals surface area contributed by atoms with Crippen molar-refractivity contribution in [2.24, 2.45) is 0 Å². The zero-order valence-corrected chi connectivity index (χ0v) is 12.7. The van der Waals surface area contributed by atoms with E-state index in [1.54, 1.807) is 4.90 Å². The highest BCUT2D eigenvalue weighted by Gasteiger charge is 2.18. The van der Waals surface area contributed by atoms with Crippen molar-refractivity contribution in [3.8, 4) is 0 Å². The smallest absolute Gasteiger partial charge is 0.258 e. The van der Waals surface area contributed by atoms with Crippen molar-refractivity contribution in [3.63, 3.8) is 0 Å². The van der Waals surface area contributed by atoms with E-state index in [1.165, 1.54) is 16.7 Å². The molecule has 0 spiro atoms. The molecule has 2 aromatic rings. The number of carbonyl (C=O) groups is 1. The lowest BCUT2D eigenvalue weighted by atomic mass is 10.0. The maximum Gasteiger partial charge on any atom is 0.258 e. The Kier molecular flexibility index (Phi) is 3.52. The van der Waals surface area contributed by atoms with Crippen LogP contribution in [-0.2, 0) is 13.1 Å². The number of hydrogen-bond acceptors (Lipinski definition) is 2. The lowest BCUT2D eigenvalue weighted by Crippen LogP contribution is -2.27. The second-order valence-electron chi connectivity index (χ2n) is 5.74. The normalized spacial score (nSPS) is 13.1. The quantitative estimate of drug-likeness (QED) is 0.916. The fraction of sp³-hybridized carbons (Fsp3) is 0.278. The number of nitrogens with zero attached hydrogens (tertiary/aromatic N) is 1. The lowest BCUT2D eigenvalue weighted by Gasteiger charge is -2.20. The van der Waals surface area contributed by atoms with Crippen LogP contribution in [0, 0.1) is 13.8 Å². The molecule has 3 rings (SSSR count). The third kappa shape index (κ3) is 2.57. The molecule has 0 atom stereocenters. The van der Waals surface area contributed by atoms with E-state index in [0.29, 0.717) is 0 Å². The monoisotopic (exact) mass is 280 g/mol. The SMILES string of the molecule is Cc1ccc(N(C)C(=O)c2ccc3c(c2)CNC3)c(C)c1. The summed E-state index contributed by atoms with van der Waals surface area (Å²) in [6.45, 7) is 5.85. The third-order valence-electron chi connectivity index (χ3n) is 4.10. The maximum absolute atomic E-state index is 12.7. The molecule has 1 aliphatic rings. The molecule has 2 aromatic carbocycles. The molecule has 0 saturated carbocycles. The molecule has 108 valence electrons. The summed E-state index contributed by atoms with van der Waals surface area (Å²) in [6.07, 6.45) is 0. The van der Waals surface area contributed by atoms with E-state index in [-0.39, 0.29) is 5.91 Å². The fourth-order valence-corrected chi connectivity index (χ4v) is 2.91. The van der Waals surface area contributed by atoms with Gasteiger partial charge in [-0.2, -0.15) is 0 Å². The number of aryl methyl sites for hydroxylation is 2. The Labute approximate surface area is 125 Å². The molecule has 0 unspecified atom stereocenters. The maximum atomic E-state index is 12.7. The number of hydrogen-bond donors (Lipinski definition) is 1. The molecule has 3 nitrogen and oxygen atoms in total. The van der Waals surface area contributed by atoms with Crippen molar-refractivity contribution in [2.45, 2.75) is 26.9 Å². The van der Waals surface area contributed by atoms with E-state index >= 15 is 0 Å². The van der Waals surface area contributed by atoms with Crippen molar-refractivity contribution >= 4 is 11.6 Å². The topological polar surface area (TPSA) is 32.3 Å². The Morgan fingerprint density at radius 3 is 2.57 bits per heavy atom. The number of amides is 1. The summed E-state index contributed by atoms with van der Waals surface area (Å²) in [4.78, 5) is 14.4. The van der Waals surface area contributed by atoms with Crippen LogP contribution in [0.25, 0.3) is 0 Å². The molecule has 0 aliphatic carbocycles. The van der Waals surface area contributed by atoms with Gasteiger partial charge >= 0.3 is 0 Å². The molecule has 0 bridgehead atoms. The number of anilines is 1. The van der Waals surface area contributed by atoms with E-state index in [4.69, 9.17) is 0 Å². The first-order valence-electron chi connectivity index (χ1n) is 7.24. The second-order valence-corrected chi connectivity index (χ2v) is 5.74. The molecule has 1 N–H and O–H groups in total. The Morgan fingerprint density at radius 2 is 1.81 bits per heavy atom. The van der Waals surface area contributed by atoms with Gasteiger partial charge in [-0.05, 0) is 48.7 Å². The van der Waals surface area contributed by atoms with Crippen molar-refractivity contribution in [1.29, 1.82) is 0 Å². The molecule has 1 aliphatic heterocycles. The first kappa shape index (κ1) is 13.8. The van der Waals surface area contributed by atoms with Gasteiger partial charge in [0.2, 0.25) is 0 Å². The number of carbonyl (C=O) groups excluding carboxylic acids is 1. The van der Waals surface area contributed by atoms with Gasteiger partial charge in [-0.25, -0.2) is 0 Å². The number of rotatable bonds is 2. The van der Waals surface area contributed by atoms with Gasteiger partial charge < -0.3 is 10.2 Å². The molecule has 1 heterocycles. The summed E-state index contributed by atoms with van der Waals surface area (Å²) >= 11 is 0. The molecule has 21 heavy (non-hydrogen) atoms. The van der Waals surface area contributed by atoms with Crippen LogP contribution >= 0.6 is 0 Å². The molecule has 3 heteroatoms. The summed E-state index contributed by atoms with van der Waals surface area (Å²) in [5.74, 6) is 0.0386. The summed E-state index contributed by atoms with van der Waals surface area (Å²) in [5.41, 5.74) is 6.56. The summed E-state index contributed by atoms with van der Waals surface area (Å²) in [6, 6.07) is 12.1. The standard InChI is InChI=1S/C18H20N2O/c1-12-4-7-17(13(2)8-12)20(3)18(21)14-5-6-15-10-19-11-16(15)9-14/h4-9,19H,10-11H2,1-3H3. The van der Waals surface area contributed by atoms with Gasteiger partial charge in [-0.15, -0.1) is 0 Å². The Hall–Kier alpha value is -2.13. The molecule has 0 radical (unpaired) electrons. The molecular weight excluding hydrogens is 260 g/mol. The molecule has 1 amide bonds. The first-order chi connectivity index (χ1) is 10.1. The van der Waals surface area contributed by atoms with E-state index in [9.17, 15) is 4.79 Å². The molecule has 0 saturated heterocycles. The molecule has 0 fully saturated rings. The Bertz CT molecular complexity index is 706. The predicted octanol–water partition coefficient (Wildman–Crippen LogP) is 3.18. The van der Waals surface area contributed by atoms with Gasteiger partial charge in [-0.1, -0.05) is 23.8 Å². The highest BCUT2D eigenvalue weighted by Crippen LogP contribution is 2.23. The molecular formula is C18H20N2O. The predicted molar refractivity (Wildman–Crippen MR) is 85.6 cm³/mol. The van der Waals surface area contributed by atoms with Crippen LogP contribution in [0.4, 0.5) is 5.69 Å². The minimum atomic E-state index is 0.0386.